The zero-order chi connectivity index (χ0) is 16.6. The number of hydrogen-bond donors (Lipinski definition) is 1. The van der Waals surface area contributed by atoms with Crippen molar-refractivity contribution in [1.29, 1.82) is 0 Å². The maximum Gasteiger partial charge on any atom is 0.253 e. The molecule has 2 heteroatoms. The van der Waals surface area contributed by atoms with Crippen LogP contribution in [-0.2, 0) is 0 Å². The van der Waals surface area contributed by atoms with Crippen LogP contribution in [0.2, 0.25) is 6.04 Å². The Balaban J connectivity index is 2.05. The second-order valence-electron chi connectivity index (χ2n) is 6.27. The van der Waals surface area contributed by atoms with E-state index in [0.29, 0.717) is 0 Å². The minimum atomic E-state index is -2.80. The van der Waals surface area contributed by atoms with E-state index in [4.69, 9.17) is 0 Å². The first-order valence-electron chi connectivity index (χ1n) is 8.43. The lowest BCUT2D eigenvalue weighted by atomic mass is 10.1. The van der Waals surface area contributed by atoms with E-state index in [1.165, 1.54) is 21.5 Å². The molecule has 0 saturated heterocycles. The number of fused-ring (bicyclic) bond motifs is 2. The maximum atomic E-state index is 11.9. The third-order valence-electron chi connectivity index (χ3n) is 4.98. The largest absolute Gasteiger partial charge is 0.424 e. The minimum absolute atomic E-state index is 0.759. The first-order valence-corrected chi connectivity index (χ1v) is 10.6. The highest BCUT2D eigenvalue weighted by molar-refractivity contribution is 6.99. The van der Waals surface area contributed by atoms with Crippen molar-refractivity contribution in [3.8, 4) is 0 Å². The third kappa shape index (κ3) is 2.27. The van der Waals surface area contributed by atoms with Crippen LogP contribution in [0.1, 0.15) is 6.92 Å². The second-order valence-corrected chi connectivity index (χ2v) is 9.77. The molecule has 1 nitrogen and oxygen atoms in total. The van der Waals surface area contributed by atoms with E-state index in [-0.39, 0.29) is 0 Å². The van der Waals surface area contributed by atoms with Gasteiger partial charge in [-0.2, -0.15) is 0 Å². The number of hydrogen-bond acceptors (Lipinski definition) is 1. The molecule has 0 heterocycles. The van der Waals surface area contributed by atoms with Gasteiger partial charge in [-0.1, -0.05) is 91.9 Å². The van der Waals surface area contributed by atoms with E-state index in [1.54, 1.807) is 0 Å². The van der Waals surface area contributed by atoms with Gasteiger partial charge in [0.05, 0.1) is 0 Å². The average Bonchev–Trinajstić information content (AvgIpc) is 2.66. The Kier molecular flexibility index (Phi) is 3.71. The van der Waals surface area contributed by atoms with Crippen LogP contribution in [0.4, 0.5) is 0 Å². The maximum absolute atomic E-state index is 11.9. The Bertz CT molecular complexity index is 932. The van der Waals surface area contributed by atoms with Gasteiger partial charge in [-0.15, -0.1) is 0 Å². The Morgan fingerprint density at radius 1 is 0.625 bits per heavy atom. The highest BCUT2D eigenvalue weighted by Crippen LogP contribution is 2.20. The molecule has 0 saturated carbocycles. The molecule has 0 spiro atoms. The Morgan fingerprint density at radius 3 is 1.50 bits per heavy atom. The van der Waals surface area contributed by atoms with Gasteiger partial charge >= 0.3 is 0 Å². The number of rotatable bonds is 3. The van der Waals surface area contributed by atoms with Crippen LogP contribution in [0.15, 0.2) is 84.9 Å². The zero-order valence-electron chi connectivity index (χ0n) is 13.7. The van der Waals surface area contributed by atoms with Crippen molar-refractivity contribution in [3.63, 3.8) is 0 Å². The summed E-state index contributed by atoms with van der Waals surface area (Å²) in [5.74, 6) is 0. The molecule has 0 aliphatic rings. The molecule has 1 N–H and O–H groups in total. The molecule has 0 aromatic heterocycles. The highest BCUT2D eigenvalue weighted by atomic mass is 28.4. The van der Waals surface area contributed by atoms with Crippen molar-refractivity contribution < 1.29 is 4.80 Å². The van der Waals surface area contributed by atoms with Crippen LogP contribution in [0.25, 0.3) is 21.5 Å². The fourth-order valence-electron chi connectivity index (χ4n) is 3.70. The molecular formula is C22H20OSi. The monoisotopic (exact) mass is 328 g/mol. The quantitative estimate of drug-likeness (QED) is 0.562. The summed E-state index contributed by atoms with van der Waals surface area (Å²) in [5.41, 5.74) is 0. The summed E-state index contributed by atoms with van der Waals surface area (Å²) >= 11 is 0. The number of benzene rings is 4. The topological polar surface area (TPSA) is 20.2 Å². The van der Waals surface area contributed by atoms with Gasteiger partial charge in [-0.3, -0.25) is 0 Å². The summed E-state index contributed by atoms with van der Waals surface area (Å²) in [5, 5.41) is 6.94. The normalized spacial score (nSPS) is 11.9. The summed E-state index contributed by atoms with van der Waals surface area (Å²) in [7, 11) is -2.80. The van der Waals surface area contributed by atoms with Crippen LogP contribution in [0.3, 0.4) is 0 Å². The van der Waals surface area contributed by atoms with Gasteiger partial charge in [0.15, 0.2) is 0 Å². The van der Waals surface area contributed by atoms with Crippen LogP contribution in [0.5, 0.6) is 0 Å². The average molecular weight is 328 g/mol. The molecule has 0 amide bonds. The van der Waals surface area contributed by atoms with Crippen molar-refractivity contribution in [2.75, 3.05) is 0 Å². The van der Waals surface area contributed by atoms with E-state index in [0.717, 1.165) is 16.4 Å². The second kappa shape index (κ2) is 5.89. The van der Waals surface area contributed by atoms with E-state index >= 15 is 0 Å². The minimum Gasteiger partial charge on any atom is -0.424 e. The highest BCUT2D eigenvalue weighted by Gasteiger charge is 2.36. The zero-order valence-corrected chi connectivity index (χ0v) is 14.7. The molecular weight excluding hydrogens is 308 g/mol. The molecule has 0 radical (unpaired) electrons. The van der Waals surface area contributed by atoms with Gasteiger partial charge in [0.25, 0.3) is 8.32 Å². The summed E-state index contributed by atoms with van der Waals surface area (Å²) in [4.78, 5) is 11.9. The van der Waals surface area contributed by atoms with Gasteiger partial charge in [-0.05, 0) is 38.0 Å². The summed E-state index contributed by atoms with van der Waals surface area (Å²) in [6.45, 7) is 2.11. The third-order valence-corrected chi connectivity index (χ3v) is 8.66. The molecule has 4 aromatic carbocycles. The van der Waals surface area contributed by atoms with Crippen molar-refractivity contribution in [2.45, 2.75) is 13.0 Å². The van der Waals surface area contributed by atoms with Crippen molar-refractivity contribution >= 4 is 40.2 Å². The molecule has 0 aliphatic heterocycles. The molecule has 4 aromatic rings. The Morgan fingerprint density at radius 2 is 1.04 bits per heavy atom. The van der Waals surface area contributed by atoms with Crippen LogP contribution in [-0.4, -0.2) is 13.1 Å². The fourth-order valence-corrected chi connectivity index (χ4v) is 6.84. The predicted molar refractivity (Wildman–Crippen MR) is 106 cm³/mol. The van der Waals surface area contributed by atoms with E-state index in [2.05, 4.69) is 91.9 Å². The van der Waals surface area contributed by atoms with E-state index < -0.39 is 8.32 Å². The van der Waals surface area contributed by atoms with Crippen molar-refractivity contribution in [2.24, 2.45) is 0 Å². The van der Waals surface area contributed by atoms with Gasteiger partial charge in [0.2, 0.25) is 0 Å². The van der Waals surface area contributed by atoms with Crippen LogP contribution < -0.4 is 10.4 Å². The van der Waals surface area contributed by atoms with Gasteiger partial charge in [-0.25, -0.2) is 0 Å². The standard InChI is InChI=1S/C22H20OSi/c1-2-24(23,21-15-7-11-17-9-3-5-13-19(17)21)22-16-8-12-18-10-4-6-14-20(18)22/h3-16,23H,2H2,1H3. The van der Waals surface area contributed by atoms with E-state index in [1.807, 2.05) is 0 Å². The molecule has 0 aliphatic carbocycles. The van der Waals surface area contributed by atoms with Gasteiger partial charge in [0.1, 0.15) is 0 Å². The Hall–Kier alpha value is -2.42. The molecule has 0 fully saturated rings. The molecule has 118 valence electrons. The fraction of sp³-hybridized carbons (Fsp3) is 0.0909. The van der Waals surface area contributed by atoms with E-state index in [9.17, 15) is 4.80 Å². The SMILES string of the molecule is CC[Si](O)(c1cccc2ccccc12)c1cccc2ccccc12. The molecule has 0 atom stereocenters. The van der Waals surface area contributed by atoms with Crippen LogP contribution in [0, 0.1) is 0 Å². The molecule has 0 bridgehead atoms. The van der Waals surface area contributed by atoms with Gasteiger partial charge in [0, 0.05) is 0 Å². The first-order chi connectivity index (χ1) is 11.7. The summed E-state index contributed by atoms with van der Waals surface area (Å²) in [6.07, 6.45) is 0. The summed E-state index contributed by atoms with van der Waals surface area (Å²) < 4.78 is 0. The molecule has 4 rings (SSSR count). The first kappa shape index (κ1) is 15.1. The lowest BCUT2D eigenvalue weighted by molar-refractivity contribution is 0.568. The molecule has 24 heavy (non-hydrogen) atoms. The van der Waals surface area contributed by atoms with Gasteiger partial charge < -0.3 is 4.80 Å². The summed E-state index contributed by atoms with van der Waals surface area (Å²) in [6, 6.07) is 30.1. The smallest absolute Gasteiger partial charge is 0.253 e. The van der Waals surface area contributed by atoms with Crippen LogP contribution >= 0.6 is 0 Å². The Labute approximate surface area is 143 Å². The molecule has 0 unspecified atom stereocenters. The van der Waals surface area contributed by atoms with Crippen molar-refractivity contribution in [3.05, 3.63) is 84.9 Å². The predicted octanol–water partition coefficient (Wildman–Crippen LogP) is 4.06. The van der Waals surface area contributed by atoms with Crippen molar-refractivity contribution in [1.82, 2.24) is 0 Å². The lowest BCUT2D eigenvalue weighted by Crippen LogP contribution is -2.58. The lowest BCUT2D eigenvalue weighted by Gasteiger charge is -2.27.